The van der Waals surface area contributed by atoms with Crippen molar-refractivity contribution in [2.75, 3.05) is 13.7 Å². The van der Waals surface area contributed by atoms with Crippen molar-refractivity contribution in [3.8, 4) is 5.75 Å². The predicted molar refractivity (Wildman–Crippen MR) is 54.0 cm³/mol. The van der Waals surface area contributed by atoms with Gasteiger partial charge in [0.05, 0.1) is 7.11 Å². The quantitative estimate of drug-likeness (QED) is 0.755. The molecule has 0 amide bonds. The molecular formula is C9H8Cl2O3. The van der Waals surface area contributed by atoms with Gasteiger partial charge in [-0.2, -0.15) is 0 Å². The summed E-state index contributed by atoms with van der Waals surface area (Å²) in [5.41, 5.74) is 0. The minimum absolute atomic E-state index is 0.160. The Morgan fingerprint density at radius 2 is 1.86 bits per heavy atom. The molecule has 5 heteroatoms. The molecule has 3 nitrogen and oxygen atoms in total. The van der Waals surface area contributed by atoms with E-state index in [-0.39, 0.29) is 6.61 Å². The van der Waals surface area contributed by atoms with Crippen molar-refractivity contribution in [2.24, 2.45) is 0 Å². The molecule has 0 aromatic heterocycles. The largest absolute Gasteiger partial charge is 0.482 e. The van der Waals surface area contributed by atoms with E-state index in [0.29, 0.717) is 15.8 Å². The van der Waals surface area contributed by atoms with Crippen molar-refractivity contribution in [3.63, 3.8) is 0 Å². The van der Waals surface area contributed by atoms with Crippen LogP contribution in [-0.4, -0.2) is 19.7 Å². The van der Waals surface area contributed by atoms with E-state index in [1.807, 2.05) is 0 Å². The van der Waals surface area contributed by atoms with Crippen molar-refractivity contribution in [2.45, 2.75) is 0 Å². The van der Waals surface area contributed by atoms with Crippen LogP contribution in [0.15, 0.2) is 18.2 Å². The zero-order valence-corrected chi connectivity index (χ0v) is 8.93. The maximum absolute atomic E-state index is 10.7. The monoisotopic (exact) mass is 234 g/mol. The standard InChI is InChI=1S/C9H8Cl2O3/c1-13-9(12)5-14-8-3-6(10)2-7(11)4-8/h2-4H,5H2,1H3. The fourth-order valence-electron chi connectivity index (χ4n) is 0.813. The van der Waals surface area contributed by atoms with Gasteiger partial charge in [0.1, 0.15) is 5.75 Å². The summed E-state index contributed by atoms with van der Waals surface area (Å²) >= 11 is 11.4. The lowest BCUT2D eigenvalue weighted by atomic mass is 10.3. The molecule has 0 bridgehead atoms. The second-order valence-corrected chi connectivity index (χ2v) is 3.34. The first-order valence-corrected chi connectivity index (χ1v) is 4.53. The molecule has 1 rings (SSSR count). The van der Waals surface area contributed by atoms with Crippen LogP contribution in [0.2, 0.25) is 10.0 Å². The van der Waals surface area contributed by atoms with Crippen LogP contribution >= 0.6 is 23.2 Å². The number of methoxy groups -OCH3 is 1. The van der Waals surface area contributed by atoms with Crippen molar-refractivity contribution in [1.29, 1.82) is 0 Å². The van der Waals surface area contributed by atoms with Crippen LogP contribution in [0.25, 0.3) is 0 Å². The van der Waals surface area contributed by atoms with Gasteiger partial charge in [0.15, 0.2) is 6.61 Å². The molecule has 76 valence electrons. The Morgan fingerprint density at radius 3 is 2.36 bits per heavy atom. The van der Waals surface area contributed by atoms with Gasteiger partial charge in [-0.15, -0.1) is 0 Å². The molecule has 0 radical (unpaired) electrons. The third-order valence-electron chi connectivity index (χ3n) is 1.42. The number of ether oxygens (including phenoxy) is 2. The first-order valence-electron chi connectivity index (χ1n) is 3.77. The Hall–Kier alpha value is -0.930. The van der Waals surface area contributed by atoms with Gasteiger partial charge in [-0.25, -0.2) is 4.79 Å². The minimum atomic E-state index is -0.457. The lowest BCUT2D eigenvalue weighted by Crippen LogP contribution is -2.12. The molecule has 0 aliphatic carbocycles. The van der Waals surface area contributed by atoms with Crippen molar-refractivity contribution in [1.82, 2.24) is 0 Å². The summed E-state index contributed by atoms with van der Waals surface area (Å²) in [6.07, 6.45) is 0. The second-order valence-electron chi connectivity index (χ2n) is 2.47. The van der Waals surface area contributed by atoms with E-state index in [1.165, 1.54) is 7.11 Å². The molecule has 1 aromatic carbocycles. The zero-order valence-electron chi connectivity index (χ0n) is 7.42. The van der Waals surface area contributed by atoms with Crippen LogP contribution in [-0.2, 0) is 9.53 Å². The lowest BCUT2D eigenvalue weighted by molar-refractivity contribution is -0.142. The average Bonchev–Trinajstić information content (AvgIpc) is 2.12. The molecule has 0 N–H and O–H groups in total. The summed E-state index contributed by atoms with van der Waals surface area (Å²) < 4.78 is 9.48. The Balaban J connectivity index is 2.63. The third-order valence-corrected chi connectivity index (χ3v) is 1.86. The summed E-state index contributed by atoms with van der Waals surface area (Å²) in [5.74, 6) is -0.0194. The van der Waals surface area contributed by atoms with Crippen LogP contribution in [0, 0.1) is 0 Å². The van der Waals surface area contributed by atoms with Gasteiger partial charge in [-0.3, -0.25) is 0 Å². The predicted octanol–water partition coefficient (Wildman–Crippen LogP) is 2.55. The van der Waals surface area contributed by atoms with Crippen LogP contribution in [0.5, 0.6) is 5.75 Å². The first-order chi connectivity index (χ1) is 6.61. The van der Waals surface area contributed by atoms with Crippen LogP contribution in [0.3, 0.4) is 0 Å². The summed E-state index contributed by atoms with van der Waals surface area (Å²) in [6.45, 7) is -0.160. The normalized spacial score (nSPS) is 9.64. The molecule has 0 atom stereocenters. The molecule has 0 heterocycles. The highest BCUT2D eigenvalue weighted by Gasteiger charge is 2.03. The van der Waals surface area contributed by atoms with E-state index in [0.717, 1.165) is 0 Å². The van der Waals surface area contributed by atoms with Gasteiger partial charge in [0.2, 0.25) is 0 Å². The maximum atomic E-state index is 10.7. The van der Waals surface area contributed by atoms with Crippen LogP contribution in [0.4, 0.5) is 0 Å². The summed E-state index contributed by atoms with van der Waals surface area (Å²) in [6, 6.07) is 4.71. The van der Waals surface area contributed by atoms with Crippen LogP contribution in [0.1, 0.15) is 0 Å². The molecule has 14 heavy (non-hydrogen) atoms. The Morgan fingerprint density at radius 1 is 1.29 bits per heavy atom. The number of esters is 1. The van der Waals surface area contributed by atoms with Gasteiger partial charge in [-0.1, -0.05) is 23.2 Å². The van der Waals surface area contributed by atoms with Gasteiger partial charge < -0.3 is 9.47 Å². The second kappa shape index (κ2) is 5.08. The summed E-state index contributed by atoms with van der Waals surface area (Å²) in [7, 11) is 1.29. The van der Waals surface area contributed by atoms with Crippen LogP contribution < -0.4 is 4.74 Å². The van der Waals surface area contributed by atoms with Crippen molar-refractivity contribution in [3.05, 3.63) is 28.2 Å². The molecule has 0 spiro atoms. The Kier molecular flexibility index (Phi) is 4.04. The molecular weight excluding hydrogens is 227 g/mol. The van der Waals surface area contributed by atoms with E-state index in [9.17, 15) is 4.79 Å². The van der Waals surface area contributed by atoms with Gasteiger partial charge >= 0.3 is 5.97 Å². The van der Waals surface area contributed by atoms with E-state index in [2.05, 4.69) is 4.74 Å². The summed E-state index contributed by atoms with van der Waals surface area (Å²) in [5, 5.41) is 0.912. The van der Waals surface area contributed by atoms with Gasteiger partial charge in [-0.05, 0) is 18.2 Å². The number of rotatable bonds is 3. The van der Waals surface area contributed by atoms with Crippen molar-refractivity contribution >= 4 is 29.2 Å². The highest BCUT2D eigenvalue weighted by atomic mass is 35.5. The molecule has 0 aliphatic rings. The Bertz CT molecular complexity index is 319. The lowest BCUT2D eigenvalue weighted by Gasteiger charge is -2.05. The smallest absolute Gasteiger partial charge is 0.343 e. The molecule has 1 aromatic rings. The van der Waals surface area contributed by atoms with Gasteiger partial charge in [0, 0.05) is 10.0 Å². The number of carbonyl (C=O) groups excluding carboxylic acids is 1. The summed E-state index contributed by atoms with van der Waals surface area (Å²) in [4.78, 5) is 10.7. The average molecular weight is 235 g/mol. The van der Waals surface area contributed by atoms with Crippen molar-refractivity contribution < 1.29 is 14.3 Å². The minimum Gasteiger partial charge on any atom is -0.482 e. The number of benzene rings is 1. The molecule has 0 unspecified atom stereocenters. The topological polar surface area (TPSA) is 35.5 Å². The number of hydrogen-bond donors (Lipinski definition) is 0. The van der Waals surface area contributed by atoms with E-state index in [1.54, 1.807) is 18.2 Å². The van der Waals surface area contributed by atoms with E-state index >= 15 is 0 Å². The highest BCUT2D eigenvalue weighted by Crippen LogP contribution is 2.23. The fourth-order valence-corrected chi connectivity index (χ4v) is 1.32. The Labute approximate surface area is 91.5 Å². The molecule has 0 saturated carbocycles. The number of hydrogen-bond acceptors (Lipinski definition) is 3. The van der Waals surface area contributed by atoms with E-state index in [4.69, 9.17) is 27.9 Å². The van der Waals surface area contributed by atoms with Gasteiger partial charge in [0.25, 0.3) is 0 Å². The maximum Gasteiger partial charge on any atom is 0.343 e. The molecule has 0 fully saturated rings. The van der Waals surface area contributed by atoms with E-state index < -0.39 is 5.97 Å². The molecule has 0 aliphatic heterocycles. The molecule has 0 saturated heterocycles. The zero-order chi connectivity index (χ0) is 10.6. The first kappa shape index (κ1) is 11.1. The highest BCUT2D eigenvalue weighted by molar-refractivity contribution is 6.34. The third kappa shape index (κ3) is 3.44. The number of halogens is 2. The fraction of sp³-hybridized carbons (Fsp3) is 0.222. The SMILES string of the molecule is COC(=O)COc1cc(Cl)cc(Cl)c1. The number of carbonyl (C=O) groups is 1.